The Balaban J connectivity index is 1.71. The lowest BCUT2D eigenvalue weighted by Crippen LogP contribution is -2.45. The van der Waals surface area contributed by atoms with Crippen LogP contribution >= 0.6 is 23.8 Å². The zero-order valence-corrected chi connectivity index (χ0v) is 20.9. The fourth-order valence-electron chi connectivity index (χ4n) is 3.83. The average molecular weight is 509 g/mol. The number of ether oxygens (including phenoxy) is 3. The highest BCUT2D eigenvalue weighted by Crippen LogP contribution is 2.37. The molecule has 0 saturated heterocycles. The molecular weight excluding hydrogens is 484 g/mol. The van der Waals surface area contributed by atoms with Gasteiger partial charge < -0.3 is 24.8 Å². The van der Waals surface area contributed by atoms with E-state index in [4.69, 9.17) is 38.0 Å². The number of hydrogen-bond acceptors (Lipinski definition) is 5. The minimum atomic E-state index is -0.551. The number of thiocarbonyl (C=S) groups is 1. The Morgan fingerprint density at radius 2 is 1.77 bits per heavy atom. The second kappa shape index (κ2) is 11.3. The number of methoxy groups -OCH3 is 1. The summed E-state index contributed by atoms with van der Waals surface area (Å²) in [6.45, 7) is 2.31. The van der Waals surface area contributed by atoms with Crippen LogP contribution in [0.3, 0.4) is 0 Å². The van der Waals surface area contributed by atoms with Gasteiger partial charge in [0.2, 0.25) is 0 Å². The van der Waals surface area contributed by atoms with E-state index in [2.05, 4.69) is 10.6 Å². The second-order valence-corrected chi connectivity index (χ2v) is 8.51. The van der Waals surface area contributed by atoms with Crippen molar-refractivity contribution in [3.8, 4) is 11.5 Å². The number of hydrogen-bond donors (Lipinski definition) is 2. The van der Waals surface area contributed by atoms with Gasteiger partial charge in [0.05, 0.1) is 31.0 Å². The molecule has 0 fully saturated rings. The number of nitrogens with one attached hydrogen (secondary N) is 2. The molecule has 3 aromatic carbocycles. The van der Waals surface area contributed by atoms with Gasteiger partial charge in [0.15, 0.2) is 16.6 Å². The summed E-state index contributed by atoms with van der Waals surface area (Å²) in [7, 11) is 1.57. The van der Waals surface area contributed by atoms with Crippen molar-refractivity contribution >= 4 is 40.6 Å². The van der Waals surface area contributed by atoms with Crippen molar-refractivity contribution in [3.05, 3.63) is 100 Å². The maximum absolute atomic E-state index is 13.1. The molecule has 0 saturated carbocycles. The molecule has 8 heteroatoms. The predicted octanol–water partition coefficient (Wildman–Crippen LogP) is 5.42. The summed E-state index contributed by atoms with van der Waals surface area (Å²) in [5.74, 6) is 0.639. The van der Waals surface area contributed by atoms with E-state index in [9.17, 15) is 4.79 Å². The molecule has 0 radical (unpaired) electrons. The van der Waals surface area contributed by atoms with Crippen molar-refractivity contribution in [2.75, 3.05) is 13.7 Å². The molecule has 0 spiro atoms. The van der Waals surface area contributed by atoms with E-state index in [1.165, 1.54) is 0 Å². The molecule has 3 aromatic rings. The topological polar surface area (TPSA) is 68.8 Å². The summed E-state index contributed by atoms with van der Waals surface area (Å²) in [5.41, 5.74) is 3.50. The second-order valence-electron chi connectivity index (χ2n) is 7.70. The molecule has 2 N–H and O–H groups in total. The summed E-state index contributed by atoms with van der Waals surface area (Å²) in [5, 5.41) is 7.38. The van der Waals surface area contributed by atoms with Gasteiger partial charge in [-0.15, -0.1) is 0 Å². The van der Waals surface area contributed by atoms with Crippen LogP contribution in [0.25, 0.3) is 5.70 Å². The van der Waals surface area contributed by atoms with Crippen LogP contribution in [0.2, 0.25) is 5.02 Å². The zero-order valence-electron chi connectivity index (χ0n) is 19.3. The van der Waals surface area contributed by atoms with Crippen LogP contribution in [-0.2, 0) is 16.1 Å². The summed E-state index contributed by atoms with van der Waals surface area (Å²) in [4.78, 5) is 13.1. The summed E-state index contributed by atoms with van der Waals surface area (Å²) < 4.78 is 17.0. The van der Waals surface area contributed by atoms with Gasteiger partial charge in [-0.3, -0.25) is 0 Å². The molecule has 4 rings (SSSR count). The first-order valence-electron chi connectivity index (χ1n) is 11.1. The molecule has 1 aliphatic rings. The number of esters is 1. The standard InChI is InChI=1S/C27H25ClN2O4S/c1-3-33-26(31)23-24(17-9-5-4-6-10-17)29-27(35)30-25(23)18-13-14-21(22(15-18)32-2)34-16-19-11-7-8-12-20(19)28/h4-15,25H,3,16H2,1-2H3,(H2,29,30,35). The summed E-state index contributed by atoms with van der Waals surface area (Å²) in [6, 6.07) is 22.0. The first-order valence-corrected chi connectivity index (χ1v) is 11.9. The fraction of sp³-hybridized carbons (Fsp3) is 0.185. The predicted molar refractivity (Wildman–Crippen MR) is 140 cm³/mol. The van der Waals surface area contributed by atoms with Gasteiger partial charge in [-0.25, -0.2) is 4.79 Å². The number of carbonyl (C=O) groups is 1. The molecule has 180 valence electrons. The van der Waals surface area contributed by atoms with E-state index in [1.807, 2.05) is 72.8 Å². The highest BCUT2D eigenvalue weighted by molar-refractivity contribution is 7.80. The van der Waals surface area contributed by atoms with Crippen LogP contribution < -0.4 is 20.1 Å². The van der Waals surface area contributed by atoms with Crippen LogP contribution in [0.1, 0.15) is 29.7 Å². The highest BCUT2D eigenvalue weighted by atomic mass is 35.5. The Morgan fingerprint density at radius 3 is 2.49 bits per heavy atom. The third kappa shape index (κ3) is 5.58. The van der Waals surface area contributed by atoms with Gasteiger partial charge >= 0.3 is 5.97 Å². The lowest BCUT2D eigenvalue weighted by atomic mass is 9.92. The van der Waals surface area contributed by atoms with Crippen molar-refractivity contribution in [2.45, 2.75) is 19.6 Å². The van der Waals surface area contributed by atoms with Crippen molar-refractivity contribution in [3.63, 3.8) is 0 Å². The summed E-state index contributed by atoms with van der Waals surface area (Å²) in [6.07, 6.45) is 0. The Morgan fingerprint density at radius 1 is 1.03 bits per heavy atom. The molecular formula is C27H25ClN2O4S. The highest BCUT2D eigenvalue weighted by Gasteiger charge is 2.33. The van der Waals surface area contributed by atoms with Gasteiger partial charge in [-0.05, 0) is 48.5 Å². The lowest BCUT2D eigenvalue weighted by Gasteiger charge is -2.31. The first-order chi connectivity index (χ1) is 17.0. The van der Waals surface area contributed by atoms with E-state index in [1.54, 1.807) is 14.0 Å². The molecule has 6 nitrogen and oxygen atoms in total. The molecule has 35 heavy (non-hydrogen) atoms. The maximum Gasteiger partial charge on any atom is 0.338 e. The molecule has 1 aliphatic heterocycles. The number of halogens is 1. The van der Waals surface area contributed by atoms with Gasteiger partial charge in [-0.2, -0.15) is 0 Å². The monoisotopic (exact) mass is 508 g/mol. The van der Waals surface area contributed by atoms with Crippen molar-refractivity contribution in [1.29, 1.82) is 0 Å². The molecule has 0 aromatic heterocycles. The molecule has 0 amide bonds. The number of benzene rings is 3. The van der Waals surface area contributed by atoms with Gasteiger partial charge in [0.1, 0.15) is 6.61 Å². The molecule has 1 heterocycles. The van der Waals surface area contributed by atoms with Gasteiger partial charge in [0, 0.05) is 10.6 Å². The smallest absolute Gasteiger partial charge is 0.338 e. The Labute approximate surface area is 214 Å². The van der Waals surface area contributed by atoms with Crippen LogP contribution in [0.5, 0.6) is 11.5 Å². The minimum absolute atomic E-state index is 0.250. The third-order valence-corrected chi connectivity index (χ3v) is 6.08. The quantitative estimate of drug-likeness (QED) is 0.311. The lowest BCUT2D eigenvalue weighted by molar-refractivity contribution is -0.138. The summed E-state index contributed by atoms with van der Waals surface area (Å²) >= 11 is 11.7. The maximum atomic E-state index is 13.1. The molecule has 0 bridgehead atoms. The number of carbonyl (C=O) groups excluding carboxylic acids is 1. The van der Waals surface area contributed by atoms with Crippen LogP contribution in [-0.4, -0.2) is 24.8 Å². The first kappa shape index (κ1) is 24.6. The van der Waals surface area contributed by atoms with Crippen molar-refractivity contribution in [1.82, 2.24) is 10.6 Å². The molecule has 0 aliphatic carbocycles. The van der Waals surface area contributed by atoms with E-state index < -0.39 is 12.0 Å². The van der Waals surface area contributed by atoms with Crippen LogP contribution in [0.4, 0.5) is 0 Å². The third-order valence-electron chi connectivity index (χ3n) is 5.49. The number of rotatable bonds is 8. The van der Waals surface area contributed by atoms with Crippen LogP contribution in [0, 0.1) is 0 Å². The minimum Gasteiger partial charge on any atom is -0.493 e. The molecule has 1 atom stereocenters. The van der Waals surface area contributed by atoms with Gasteiger partial charge in [0.25, 0.3) is 0 Å². The van der Waals surface area contributed by atoms with Crippen molar-refractivity contribution in [2.24, 2.45) is 0 Å². The van der Waals surface area contributed by atoms with Crippen LogP contribution in [0.15, 0.2) is 78.4 Å². The van der Waals surface area contributed by atoms with E-state index in [0.717, 1.165) is 16.7 Å². The SMILES string of the molecule is CCOC(=O)C1=C(c2ccccc2)NC(=S)NC1c1ccc(OCc2ccccc2Cl)c(OC)c1. The van der Waals surface area contributed by atoms with E-state index in [-0.39, 0.29) is 13.2 Å². The van der Waals surface area contributed by atoms with E-state index in [0.29, 0.717) is 32.9 Å². The fourth-order valence-corrected chi connectivity index (χ4v) is 4.24. The normalized spacial score (nSPS) is 15.2. The Kier molecular flexibility index (Phi) is 7.90. The average Bonchev–Trinajstić information content (AvgIpc) is 2.88. The van der Waals surface area contributed by atoms with E-state index >= 15 is 0 Å². The van der Waals surface area contributed by atoms with Gasteiger partial charge in [-0.1, -0.05) is 66.2 Å². The zero-order chi connectivity index (χ0) is 24.8. The Hall–Kier alpha value is -3.55. The largest absolute Gasteiger partial charge is 0.493 e. The van der Waals surface area contributed by atoms with Crippen molar-refractivity contribution < 1.29 is 19.0 Å². The molecule has 1 unspecified atom stereocenters. The Bertz CT molecular complexity index is 1260.